The minimum atomic E-state index is -4.58. The summed E-state index contributed by atoms with van der Waals surface area (Å²) in [4.78, 5) is 24.4. The van der Waals surface area contributed by atoms with Crippen LogP contribution < -0.4 is 0 Å². The summed E-state index contributed by atoms with van der Waals surface area (Å²) < 4.78 is 48.7. The number of alkyl halides is 3. The average molecular weight is 311 g/mol. The van der Waals surface area contributed by atoms with Crippen LogP contribution in [0.15, 0.2) is 0 Å². The highest BCUT2D eigenvalue weighted by Crippen LogP contribution is 2.38. The number of esters is 1. The van der Waals surface area contributed by atoms with Crippen molar-refractivity contribution in [2.45, 2.75) is 39.5 Å². The van der Waals surface area contributed by atoms with Gasteiger partial charge in [-0.25, -0.2) is 4.79 Å². The van der Waals surface area contributed by atoms with E-state index in [1.807, 2.05) is 0 Å². The van der Waals surface area contributed by atoms with Crippen LogP contribution in [0.25, 0.3) is 0 Å². The predicted molar refractivity (Wildman–Crippen MR) is 67.5 cm³/mol. The first kappa shape index (κ1) is 17.6. The van der Waals surface area contributed by atoms with Crippen LogP contribution in [0.4, 0.5) is 18.0 Å². The Morgan fingerprint density at radius 3 is 2.19 bits per heavy atom. The third-order valence-corrected chi connectivity index (χ3v) is 2.98. The summed E-state index contributed by atoms with van der Waals surface area (Å²) in [5.74, 6) is -4.27. The Kier molecular flexibility index (Phi) is 5.11. The number of hydrogen-bond donors (Lipinski definition) is 0. The van der Waals surface area contributed by atoms with E-state index in [9.17, 15) is 22.8 Å². The topological polar surface area (TPSA) is 55.8 Å². The zero-order valence-electron chi connectivity index (χ0n) is 12.5. The van der Waals surface area contributed by atoms with E-state index in [0.717, 1.165) is 4.90 Å². The van der Waals surface area contributed by atoms with Gasteiger partial charge >= 0.3 is 18.2 Å². The van der Waals surface area contributed by atoms with Crippen LogP contribution in [0.5, 0.6) is 0 Å². The molecule has 5 nitrogen and oxygen atoms in total. The molecule has 8 heteroatoms. The van der Waals surface area contributed by atoms with Gasteiger partial charge < -0.3 is 14.4 Å². The average Bonchev–Trinajstić information content (AvgIpc) is 2.71. The Bertz CT molecular complexity index is 403. The molecule has 0 aromatic carbocycles. The van der Waals surface area contributed by atoms with Crippen molar-refractivity contribution in [1.82, 2.24) is 4.90 Å². The summed E-state index contributed by atoms with van der Waals surface area (Å²) in [6.07, 6.45) is -5.43. The van der Waals surface area contributed by atoms with Crippen molar-refractivity contribution < 1.29 is 32.2 Å². The fourth-order valence-electron chi connectivity index (χ4n) is 2.10. The molecule has 0 bridgehead atoms. The molecule has 1 amide bonds. The smallest absolute Gasteiger partial charge is 0.410 e. The molecule has 1 rings (SSSR count). The molecular formula is C13H20F3NO4. The van der Waals surface area contributed by atoms with E-state index < -0.39 is 42.2 Å². The summed E-state index contributed by atoms with van der Waals surface area (Å²) in [5, 5.41) is 0. The maximum Gasteiger partial charge on any atom is 0.410 e. The SMILES string of the molecule is CCOC(=O)[C@@H]1CN(C(=O)OC(C)(C)C)C[C@H]1C(F)(F)F. The van der Waals surface area contributed by atoms with Crippen LogP contribution in [0.2, 0.25) is 0 Å². The van der Waals surface area contributed by atoms with Crippen molar-refractivity contribution in [2.75, 3.05) is 19.7 Å². The van der Waals surface area contributed by atoms with Crippen LogP contribution in [-0.2, 0) is 14.3 Å². The fourth-order valence-corrected chi connectivity index (χ4v) is 2.10. The first-order valence-corrected chi connectivity index (χ1v) is 6.67. The second-order valence-electron chi connectivity index (χ2n) is 5.89. The molecule has 0 radical (unpaired) electrons. The van der Waals surface area contributed by atoms with Gasteiger partial charge in [-0.15, -0.1) is 0 Å². The summed E-state index contributed by atoms with van der Waals surface area (Å²) in [7, 11) is 0. The van der Waals surface area contributed by atoms with E-state index in [4.69, 9.17) is 4.74 Å². The second kappa shape index (κ2) is 6.11. The first-order valence-electron chi connectivity index (χ1n) is 6.67. The molecule has 0 aromatic heterocycles. The predicted octanol–water partition coefficient (Wildman–Crippen LogP) is 2.59. The Balaban J connectivity index is 2.85. The van der Waals surface area contributed by atoms with Gasteiger partial charge in [-0.05, 0) is 27.7 Å². The summed E-state index contributed by atoms with van der Waals surface area (Å²) in [6, 6.07) is 0. The zero-order chi connectivity index (χ0) is 16.4. The number of hydrogen-bond acceptors (Lipinski definition) is 4. The van der Waals surface area contributed by atoms with E-state index in [1.54, 1.807) is 20.8 Å². The molecule has 0 N–H and O–H groups in total. The number of nitrogens with zero attached hydrogens (tertiary/aromatic N) is 1. The first-order chi connectivity index (χ1) is 9.45. The van der Waals surface area contributed by atoms with Crippen molar-refractivity contribution in [2.24, 2.45) is 11.8 Å². The van der Waals surface area contributed by atoms with Crippen molar-refractivity contribution in [3.05, 3.63) is 0 Å². The highest BCUT2D eigenvalue weighted by Gasteiger charge is 2.54. The molecule has 1 saturated heterocycles. The van der Waals surface area contributed by atoms with Crippen molar-refractivity contribution in [3.8, 4) is 0 Å². The molecule has 0 unspecified atom stereocenters. The lowest BCUT2D eigenvalue weighted by atomic mass is 9.96. The summed E-state index contributed by atoms with van der Waals surface area (Å²) >= 11 is 0. The lowest BCUT2D eigenvalue weighted by Crippen LogP contribution is -2.36. The van der Waals surface area contributed by atoms with Crippen LogP contribution in [0, 0.1) is 11.8 Å². The van der Waals surface area contributed by atoms with E-state index in [2.05, 4.69) is 4.74 Å². The number of halogens is 3. The zero-order valence-corrected chi connectivity index (χ0v) is 12.5. The maximum absolute atomic E-state index is 13.0. The normalized spacial score (nSPS) is 23.1. The molecule has 0 aromatic rings. The lowest BCUT2D eigenvalue weighted by Gasteiger charge is -2.24. The van der Waals surface area contributed by atoms with Gasteiger partial charge in [0.2, 0.25) is 0 Å². The number of likely N-dealkylation sites (tertiary alicyclic amines) is 1. The van der Waals surface area contributed by atoms with Gasteiger partial charge in [0.1, 0.15) is 5.60 Å². The van der Waals surface area contributed by atoms with Crippen LogP contribution in [0.3, 0.4) is 0 Å². The van der Waals surface area contributed by atoms with Gasteiger partial charge in [0.05, 0.1) is 18.4 Å². The summed E-state index contributed by atoms with van der Waals surface area (Å²) in [5.41, 5.74) is -0.813. The number of carbonyl (C=O) groups excluding carboxylic acids is 2. The molecule has 0 saturated carbocycles. The summed E-state index contributed by atoms with van der Waals surface area (Å²) in [6.45, 7) is 5.41. The highest BCUT2D eigenvalue weighted by atomic mass is 19.4. The van der Waals surface area contributed by atoms with Gasteiger partial charge in [0.15, 0.2) is 0 Å². The molecule has 0 spiro atoms. The molecule has 2 atom stereocenters. The second-order valence-corrected chi connectivity index (χ2v) is 5.89. The van der Waals surface area contributed by atoms with Crippen LogP contribution in [0.1, 0.15) is 27.7 Å². The van der Waals surface area contributed by atoms with Gasteiger partial charge in [-0.3, -0.25) is 4.79 Å². The molecule has 21 heavy (non-hydrogen) atoms. The monoisotopic (exact) mass is 311 g/mol. The van der Waals surface area contributed by atoms with Crippen molar-refractivity contribution in [3.63, 3.8) is 0 Å². The molecule has 122 valence electrons. The largest absolute Gasteiger partial charge is 0.466 e. The van der Waals surface area contributed by atoms with Gasteiger partial charge in [-0.2, -0.15) is 13.2 Å². The minimum absolute atomic E-state index is 0.00759. The van der Waals surface area contributed by atoms with Gasteiger partial charge in [0, 0.05) is 13.1 Å². The maximum atomic E-state index is 13.0. The number of rotatable bonds is 2. The van der Waals surface area contributed by atoms with Crippen LogP contribution in [-0.4, -0.2) is 48.4 Å². The Hall–Kier alpha value is -1.47. The molecular weight excluding hydrogens is 291 g/mol. The molecule has 1 aliphatic heterocycles. The third kappa shape index (κ3) is 4.78. The van der Waals surface area contributed by atoms with E-state index in [-0.39, 0.29) is 13.2 Å². The van der Waals surface area contributed by atoms with Gasteiger partial charge in [0.25, 0.3) is 0 Å². The molecule has 1 fully saturated rings. The quantitative estimate of drug-likeness (QED) is 0.736. The third-order valence-electron chi connectivity index (χ3n) is 2.98. The number of ether oxygens (including phenoxy) is 2. The molecule has 0 aliphatic carbocycles. The number of carbonyl (C=O) groups is 2. The fraction of sp³-hybridized carbons (Fsp3) is 0.846. The number of amides is 1. The molecule has 1 heterocycles. The Labute approximate surface area is 121 Å². The Morgan fingerprint density at radius 1 is 1.19 bits per heavy atom. The van der Waals surface area contributed by atoms with Crippen molar-refractivity contribution >= 4 is 12.1 Å². The minimum Gasteiger partial charge on any atom is -0.466 e. The van der Waals surface area contributed by atoms with Gasteiger partial charge in [-0.1, -0.05) is 0 Å². The lowest BCUT2D eigenvalue weighted by molar-refractivity contribution is -0.190. The molecule has 1 aliphatic rings. The highest BCUT2D eigenvalue weighted by molar-refractivity contribution is 5.76. The standard InChI is InChI=1S/C13H20F3NO4/c1-5-20-10(18)8-6-17(7-9(8)13(14,15)16)11(19)21-12(2,3)4/h8-9H,5-7H2,1-4H3/t8-,9-/m1/s1. The van der Waals surface area contributed by atoms with Crippen LogP contribution >= 0.6 is 0 Å². The Morgan fingerprint density at radius 2 is 1.76 bits per heavy atom. The van der Waals surface area contributed by atoms with Crippen molar-refractivity contribution in [1.29, 1.82) is 0 Å². The van der Waals surface area contributed by atoms with E-state index in [0.29, 0.717) is 0 Å². The van der Waals surface area contributed by atoms with E-state index >= 15 is 0 Å². The van der Waals surface area contributed by atoms with E-state index in [1.165, 1.54) is 6.92 Å².